The van der Waals surface area contributed by atoms with E-state index in [0.29, 0.717) is 12.1 Å². The molecule has 100 valence electrons. The van der Waals surface area contributed by atoms with E-state index in [9.17, 15) is 8.42 Å². The molecule has 1 aromatic carbocycles. The van der Waals surface area contributed by atoms with Crippen LogP contribution >= 0.6 is 0 Å². The highest BCUT2D eigenvalue weighted by Crippen LogP contribution is 2.44. The van der Waals surface area contributed by atoms with Gasteiger partial charge in [0.05, 0.1) is 11.5 Å². The normalized spacial score (nSPS) is 17.7. The fourth-order valence-corrected chi connectivity index (χ4v) is 2.98. The minimum atomic E-state index is -3.46. The van der Waals surface area contributed by atoms with E-state index in [2.05, 4.69) is 11.6 Å². The Bertz CT molecular complexity index is 547. The molecule has 2 N–H and O–H groups in total. The molecule has 1 aliphatic carbocycles. The standard InChI is InChI=1S/C13H19NO3S/c1-10-3-4-12(7-11(10)8-15)18(16,17)14-9-13(2)5-6-13/h3-4,7,14-15H,5-6,8-9H2,1-2H3. The first-order valence-electron chi connectivity index (χ1n) is 6.06. The molecule has 1 saturated carbocycles. The van der Waals surface area contributed by atoms with Crippen LogP contribution in [-0.4, -0.2) is 20.1 Å². The van der Waals surface area contributed by atoms with Gasteiger partial charge in [0.25, 0.3) is 0 Å². The van der Waals surface area contributed by atoms with Gasteiger partial charge in [-0.15, -0.1) is 0 Å². The predicted molar refractivity (Wildman–Crippen MR) is 69.6 cm³/mol. The van der Waals surface area contributed by atoms with Crippen LogP contribution in [0.25, 0.3) is 0 Å². The molecule has 2 rings (SSSR count). The third-order valence-corrected chi connectivity index (χ3v) is 4.99. The molecule has 0 aliphatic heterocycles. The van der Waals surface area contributed by atoms with Crippen LogP contribution in [0.15, 0.2) is 23.1 Å². The molecule has 0 aromatic heterocycles. The molecule has 0 atom stereocenters. The van der Waals surface area contributed by atoms with Crippen molar-refractivity contribution in [1.82, 2.24) is 4.72 Å². The molecule has 0 amide bonds. The van der Waals surface area contributed by atoms with Crippen LogP contribution in [0, 0.1) is 12.3 Å². The quantitative estimate of drug-likeness (QED) is 0.852. The summed E-state index contributed by atoms with van der Waals surface area (Å²) in [5.41, 5.74) is 1.68. The third-order valence-electron chi connectivity index (χ3n) is 3.59. The summed E-state index contributed by atoms with van der Waals surface area (Å²) >= 11 is 0. The second-order valence-corrected chi connectivity index (χ2v) is 7.15. The Morgan fingerprint density at radius 3 is 2.61 bits per heavy atom. The first kappa shape index (κ1) is 13.5. The topological polar surface area (TPSA) is 66.4 Å². The summed E-state index contributed by atoms with van der Waals surface area (Å²) in [5, 5.41) is 9.16. The Morgan fingerprint density at radius 1 is 1.39 bits per heavy atom. The Balaban J connectivity index is 2.18. The summed E-state index contributed by atoms with van der Waals surface area (Å²) in [4.78, 5) is 0.224. The molecule has 4 nitrogen and oxygen atoms in total. The maximum Gasteiger partial charge on any atom is 0.240 e. The van der Waals surface area contributed by atoms with E-state index in [0.717, 1.165) is 18.4 Å². The van der Waals surface area contributed by atoms with Gasteiger partial charge in [-0.2, -0.15) is 0 Å². The second kappa shape index (κ2) is 4.64. The minimum absolute atomic E-state index is 0.136. The number of hydrogen-bond donors (Lipinski definition) is 2. The summed E-state index contributed by atoms with van der Waals surface area (Å²) in [7, 11) is -3.46. The zero-order chi connectivity index (χ0) is 13.4. The van der Waals surface area contributed by atoms with Gasteiger partial charge in [0.15, 0.2) is 0 Å². The number of hydrogen-bond acceptors (Lipinski definition) is 3. The molecular formula is C13H19NO3S. The first-order chi connectivity index (χ1) is 8.36. The molecule has 1 fully saturated rings. The monoisotopic (exact) mass is 269 g/mol. The zero-order valence-corrected chi connectivity index (χ0v) is 11.5. The van der Waals surface area contributed by atoms with Gasteiger partial charge in [-0.05, 0) is 48.4 Å². The number of rotatable bonds is 5. The Hall–Kier alpha value is -0.910. The Kier molecular flexibility index (Phi) is 3.49. The van der Waals surface area contributed by atoms with Crippen molar-refractivity contribution >= 4 is 10.0 Å². The van der Waals surface area contributed by atoms with Gasteiger partial charge in [-0.25, -0.2) is 13.1 Å². The lowest BCUT2D eigenvalue weighted by molar-refractivity contribution is 0.280. The summed E-state index contributed by atoms with van der Waals surface area (Å²) in [5.74, 6) is 0. The van der Waals surface area contributed by atoms with Crippen LogP contribution in [0.1, 0.15) is 30.9 Å². The van der Waals surface area contributed by atoms with Crippen LogP contribution in [0.5, 0.6) is 0 Å². The van der Waals surface area contributed by atoms with Crippen LogP contribution in [-0.2, 0) is 16.6 Å². The number of aliphatic hydroxyl groups is 1. The van der Waals surface area contributed by atoms with Crippen molar-refractivity contribution in [3.63, 3.8) is 0 Å². The van der Waals surface area contributed by atoms with Crippen LogP contribution < -0.4 is 4.72 Å². The van der Waals surface area contributed by atoms with E-state index in [-0.39, 0.29) is 16.9 Å². The van der Waals surface area contributed by atoms with Crippen molar-refractivity contribution in [2.24, 2.45) is 5.41 Å². The van der Waals surface area contributed by atoms with Gasteiger partial charge in [0.1, 0.15) is 0 Å². The second-order valence-electron chi connectivity index (χ2n) is 5.38. The smallest absolute Gasteiger partial charge is 0.240 e. The molecule has 5 heteroatoms. The molecule has 0 heterocycles. The van der Waals surface area contributed by atoms with Crippen molar-refractivity contribution in [1.29, 1.82) is 0 Å². The largest absolute Gasteiger partial charge is 0.392 e. The van der Waals surface area contributed by atoms with E-state index >= 15 is 0 Å². The highest BCUT2D eigenvalue weighted by Gasteiger charge is 2.38. The number of benzene rings is 1. The summed E-state index contributed by atoms with van der Waals surface area (Å²) in [6, 6.07) is 4.83. The van der Waals surface area contributed by atoms with E-state index in [1.165, 1.54) is 6.07 Å². The maximum absolute atomic E-state index is 12.1. The predicted octanol–water partition coefficient (Wildman–Crippen LogP) is 1.57. The summed E-state index contributed by atoms with van der Waals surface area (Å²) < 4.78 is 26.8. The van der Waals surface area contributed by atoms with Gasteiger partial charge in [0.2, 0.25) is 10.0 Å². The van der Waals surface area contributed by atoms with Crippen molar-refractivity contribution in [2.75, 3.05) is 6.54 Å². The fraction of sp³-hybridized carbons (Fsp3) is 0.538. The number of sulfonamides is 1. The lowest BCUT2D eigenvalue weighted by Crippen LogP contribution is -2.29. The first-order valence-corrected chi connectivity index (χ1v) is 7.55. The van der Waals surface area contributed by atoms with Gasteiger partial charge in [0, 0.05) is 6.54 Å². The zero-order valence-electron chi connectivity index (χ0n) is 10.7. The van der Waals surface area contributed by atoms with E-state index < -0.39 is 10.0 Å². The average molecular weight is 269 g/mol. The third kappa shape index (κ3) is 2.91. The van der Waals surface area contributed by atoms with Crippen molar-refractivity contribution < 1.29 is 13.5 Å². The van der Waals surface area contributed by atoms with Crippen molar-refractivity contribution in [2.45, 2.75) is 38.2 Å². The Morgan fingerprint density at radius 2 is 2.06 bits per heavy atom. The maximum atomic E-state index is 12.1. The highest BCUT2D eigenvalue weighted by molar-refractivity contribution is 7.89. The molecule has 1 aromatic rings. The van der Waals surface area contributed by atoms with E-state index in [1.54, 1.807) is 12.1 Å². The molecule has 1 aliphatic rings. The lowest BCUT2D eigenvalue weighted by atomic mass is 10.1. The van der Waals surface area contributed by atoms with Crippen LogP contribution in [0.3, 0.4) is 0 Å². The van der Waals surface area contributed by atoms with Crippen LogP contribution in [0.4, 0.5) is 0 Å². The molecule has 0 bridgehead atoms. The minimum Gasteiger partial charge on any atom is -0.392 e. The van der Waals surface area contributed by atoms with Crippen molar-refractivity contribution in [3.05, 3.63) is 29.3 Å². The van der Waals surface area contributed by atoms with Gasteiger partial charge in [-0.1, -0.05) is 13.0 Å². The molecular weight excluding hydrogens is 250 g/mol. The number of nitrogens with one attached hydrogen (secondary N) is 1. The summed E-state index contributed by atoms with van der Waals surface area (Å²) in [6.45, 7) is 4.26. The van der Waals surface area contributed by atoms with Gasteiger partial charge < -0.3 is 5.11 Å². The molecule has 0 saturated heterocycles. The van der Waals surface area contributed by atoms with Crippen molar-refractivity contribution in [3.8, 4) is 0 Å². The molecule has 0 radical (unpaired) electrons. The van der Waals surface area contributed by atoms with E-state index in [1.807, 2.05) is 6.92 Å². The van der Waals surface area contributed by atoms with E-state index in [4.69, 9.17) is 5.11 Å². The average Bonchev–Trinajstić information content (AvgIpc) is 3.06. The Labute approximate surface area is 108 Å². The highest BCUT2D eigenvalue weighted by atomic mass is 32.2. The molecule has 0 spiro atoms. The SMILES string of the molecule is Cc1ccc(S(=O)(=O)NCC2(C)CC2)cc1CO. The van der Waals surface area contributed by atoms with Crippen LogP contribution in [0.2, 0.25) is 0 Å². The summed E-state index contributed by atoms with van der Waals surface area (Å²) in [6.07, 6.45) is 2.15. The fourth-order valence-electron chi connectivity index (χ4n) is 1.73. The lowest BCUT2D eigenvalue weighted by Gasteiger charge is -2.12. The number of aryl methyl sites for hydroxylation is 1. The van der Waals surface area contributed by atoms with Gasteiger partial charge in [-0.3, -0.25) is 0 Å². The molecule has 18 heavy (non-hydrogen) atoms. The molecule has 0 unspecified atom stereocenters. The van der Waals surface area contributed by atoms with Gasteiger partial charge >= 0.3 is 0 Å². The number of aliphatic hydroxyl groups excluding tert-OH is 1.